The van der Waals surface area contributed by atoms with Gasteiger partial charge in [-0.25, -0.2) is 4.99 Å². The second-order valence-electron chi connectivity index (χ2n) is 4.35. The SMILES string of the molecule is O=C([C@@H]1N=COC1c1ccoc1)N1CCCC1. The van der Waals surface area contributed by atoms with Gasteiger partial charge >= 0.3 is 0 Å². The summed E-state index contributed by atoms with van der Waals surface area (Å²) in [5, 5.41) is 0. The lowest BCUT2D eigenvalue weighted by molar-refractivity contribution is -0.133. The summed E-state index contributed by atoms with van der Waals surface area (Å²) in [6.45, 7) is 1.67. The highest BCUT2D eigenvalue weighted by Gasteiger charge is 2.37. The van der Waals surface area contributed by atoms with Crippen molar-refractivity contribution in [1.29, 1.82) is 0 Å². The Morgan fingerprint density at radius 2 is 2.24 bits per heavy atom. The number of carbonyl (C=O) groups is 1. The molecule has 0 aliphatic carbocycles. The average Bonchev–Trinajstić information content (AvgIpc) is 3.09. The number of hydrogen-bond acceptors (Lipinski definition) is 4. The second kappa shape index (κ2) is 4.24. The first-order valence-electron chi connectivity index (χ1n) is 5.84. The van der Waals surface area contributed by atoms with E-state index in [9.17, 15) is 4.79 Å². The van der Waals surface area contributed by atoms with Crippen LogP contribution >= 0.6 is 0 Å². The zero-order valence-corrected chi connectivity index (χ0v) is 9.41. The third-order valence-electron chi connectivity index (χ3n) is 3.26. The molecule has 1 saturated heterocycles. The summed E-state index contributed by atoms with van der Waals surface area (Å²) in [5.74, 6) is 0.0578. The number of ether oxygens (including phenoxy) is 1. The normalized spacial score (nSPS) is 27.4. The van der Waals surface area contributed by atoms with Gasteiger partial charge in [-0.3, -0.25) is 4.79 Å². The van der Waals surface area contributed by atoms with Gasteiger partial charge in [0.05, 0.1) is 12.5 Å². The predicted octanol–water partition coefficient (Wildman–Crippen LogP) is 1.37. The molecule has 90 valence electrons. The highest BCUT2D eigenvalue weighted by Crippen LogP contribution is 2.29. The summed E-state index contributed by atoms with van der Waals surface area (Å²) < 4.78 is 10.4. The molecule has 0 radical (unpaired) electrons. The Balaban J connectivity index is 1.77. The van der Waals surface area contributed by atoms with Crippen molar-refractivity contribution in [2.45, 2.75) is 25.0 Å². The minimum absolute atomic E-state index is 0.0578. The van der Waals surface area contributed by atoms with Crippen LogP contribution in [0.2, 0.25) is 0 Å². The number of nitrogens with zero attached hydrogens (tertiary/aromatic N) is 2. The molecule has 17 heavy (non-hydrogen) atoms. The smallest absolute Gasteiger partial charge is 0.251 e. The Labute approximate surface area is 99.1 Å². The number of amides is 1. The van der Waals surface area contributed by atoms with Crippen molar-refractivity contribution >= 4 is 12.3 Å². The number of carbonyl (C=O) groups excluding carboxylic acids is 1. The lowest BCUT2D eigenvalue weighted by Crippen LogP contribution is -2.38. The molecule has 2 aliphatic rings. The van der Waals surface area contributed by atoms with Crippen LogP contribution in [0.3, 0.4) is 0 Å². The number of furan rings is 1. The van der Waals surface area contributed by atoms with Gasteiger partial charge in [0.2, 0.25) is 0 Å². The van der Waals surface area contributed by atoms with Crippen molar-refractivity contribution in [3.8, 4) is 0 Å². The molecule has 2 atom stereocenters. The number of aliphatic imine (C=N–C) groups is 1. The van der Waals surface area contributed by atoms with E-state index in [1.165, 1.54) is 6.40 Å². The Morgan fingerprint density at radius 1 is 1.41 bits per heavy atom. The van der Waals surface area contributed by atoms with Crippen molar-refractivity contribution < 1.29 is 13.9 Å². The molecule has 1 aromatic rings. The van der Waals surface area contributed by atoms with Gasteiger partial charge in [-0.1, -0.05) is 0 Å². The summed E-state index contributed by atoms with van der Waals surface area (Å²) in [4.78, 5) is 18.3. The molecule has 0 aromatic carbocycles. The van der Waals surface area contributed by atoms with Gasteiger partial charge in [0.25, 0.3) is 5.91 Å². The molecule has 1 aromatic heterocycles. The molecular weight excluding hydrogens is 220 g/mol. The van der Waals surface area contributed by atoms with E-state index in [1.54, 1.807) is 12.5 Å². The summed E-state index contributed by atoms with van der Waals surface area (Å²) in [5.41, 5.74) is 0.861. The molecular formula is C12H14N2O3. The molecule has 0 N–H and O–H groups in total. The molecule has 3 heterocycles. The van der Waals surface area contributed by atoms with Crippen molar-refractivity contribution in [3.05, 3.63) is 24.2 Å². The maximum atomic E-state index is 12.3. The average molecular weight is 234 g/mol. The van der Waals surface area contributed by atoms with Crippen LogP contribution in [0.4, 0.5) is 0 Å². The van der Waals surface area contributed by atoms with Crippen LogP contribution in [0, 0.1) is 0 Å². The topological polar surface area (TPSA) is 55.0 Å². The van der Waals surface area contributed by atoms with Gasteiger partial charge in [-0.05, 0) is 18.9 Å². The Hall–Kier alpha value is -1.78. The molecule has 2 aliphatic heterocycles. The molecule has 1 amide bonds. The van der Waals surface area contributed by atoms with E-state index in [-0.39, 0.29) is 12.0 Å². The van der Waals surface area contributed by atoms with E-state index in [2.05, 4.69) is 4.99 Å². The monoisotopic (exact) mass is 234 g/mol. The Bertz CT molecular complexity index is 421. The van der Waals surface area contributed by atoms with Gasteiger partial charge in [0, 0.05) is 18.7 Å². The van der Waals surface area contributed by atoms with Gasteiger partial charge in [0.1, 0.15) is 0 Å². The fourth-order valence-electron chi connectivity index (χ4n) is 2.33. The minimum Gasteiger partial charge on any atom is -0.473 e. The van der Waals surface area contributed by atoms with E-state index in [0.717, 1.165) is 31.5 Å². The van der Waals surface area contributed by atoms with E-state index in [0.29, 0.717) is 0 Å². The quantitative estimate of drug-likeness (QED) is 0.776. The zero-order valence-electron chi connectivity index (χ0n) is 9.41. The van der Waals surface area contributed by atoms with E-state index in [4.69, 9.17) is 9.15 Å². The van der Waals surface area contributed by atoms with Gasteiger partial charge in [-0.2, -0.15) is 0 Å². The molecule has 0 spiro atoms. The summed E-state index contributed by atoms with van der Waals surface area (Å²) in [7, 11) is 0. The largest absolute Gasteiger partial charge is 0.473 e. The zero-order chi connectivity index (χ0) is 11.7. The van der Waals surface area contributed by atoms with Crippen LogP contribution in [-0.2, 0) is 9.53 Å². The second-order valence-corrected chi connectivity index (χ2v) is 4.35. The molecule has 0 saturated carbocycles. The highest BCUT2D eigenvalue weighted by atomic mass is 16.5. The first-order chi connectivity index (χ1) is 8.36. The van der Waals surface area contributed by atoms with Crippen LogP contribution in [0.5, 0.6) is 0 Å². The first kappa shape index (κ1) is 10.4. The van der Waals surface area contributed by atoms with E-state index >= 15 is 0 Å². The summed E-state index contributed by atoms with van der Waals surface area (Å²) in [6.07, 6.45) is 6.38. The van der Waals surface area contributed by atoms with Crippen LogP contribution in [-0.4, -0.2) is 36.3 Å². The van der Waals surface area contributed by atoms with Crippen molar-refractivity contribution in [2.24, 2.45) is 4.99 Å². The molecule has 0 bridgehead atoms. The number of rotatable bonds is 2. The first-order valence-corrected chi connectivity index (χ1v) is 5.84. The minimum atomic E-state index is -0.453. The van der Waals surface area contributed by atoms with Crippen LogP contribution in [0.1, 0.15) is 24.5 Å². The number of likely N-dealkylation sites (tertiary alicyclic amines) is 1. The predicted molar refractivity (Wildman–Crippen MR) is 60.6 cm³/mol. The molecule has 3 rings (SSSR count). The van der Waals surface area contributed by atoms with E-state index in [1.807, 2.05) is 11.0 Å². The van der Waals surface area contributed by atoms with Crippen molar-refractivity contribution in [2.75, 3.05) is 13.1 Å². The van der Waals surface area contributed by atoms with Gasteiger partial charge in [-0.15, -0.1) is 0 Å². The number of hydrogen-bond donors (Lipinski definition) is 0. The molecule has 1 fully saturated rings. The van der Waals surface area contributed by atoms with Crippen LogP contribution < -0.4 is 0 Å². The van der Waals surface area contributed by atoms with Crippen molar-refractivity contribution in [3.63, 3.8) is 0 Å². The Morgan fingerprint density at radius 3 is 2.94 bits per heavy atom. The van der Waals surface area contributed by atoms with Gasteiger partial charge in [0.15, 0.2) is 18.5 Å². The third kappa shape index (κ3) is 1.81. The fraction of sp³-hybridized carbons (Fsp3) is 0.500. The van der Waals surface area contributed by atoms with Crippen LogP contribution in [0.15, 0.2) is 28.0 Å². The fourth-order valence-corrected chi connectivity index (χ4v) is 2.33. The maximum Gasteiger partial charge on any atom is 0.251 e. The van der Waals surface area contributed by atoms with Crippen molar-refractivity contribution in [1.82, 2.24) is 4.90 Å². The standard InChI is InChI=1S/C12H14N2O3/c15-12(14-4-1-2-5-14)10-11(17-8-13-10)9-3-6-16-7-9/h3,6-8,10-11H,1-2,4-5H2/t10-,11?/m1/s1. The molecule has 5 heteroatoms. The third-order valence-corrected chi connectivity index (χ3v) is 3.26. The Kier molecular flexibility index (Phi) is 2.59. The summed E-state index contributed by atoms with van der Waals surface area (Å²) >= 11 is 0. The molecule has 1 unspecified atom stereocenters. The van der Waals surface area contributed by atoms with E-state index < -0.39 is 6.04 Å². The van der Waals surface area contributed by atoms with Crippen LogP contribution in [0.25, 0.3) is 0 Å². The maximum absolute atomic E-state index is 12.3. The highest BCUT2D eigenvalue weighted by molar-refractivity contribution is 5.85. The lowest BCUT2D eigenvalue weighted by Gasteiger charge is -2.21. The summed E-state index contributed by atoms with van der Waals surface area (Å²) in [6, 6.07) is 1.36. The van der Waals surface area contributed by atoms with Gasteiger partial charge < -0.3 is 14.1 Å². The lowest BCUT2D eigenvalue weighted by atomic mass is 10.1. The molecule has 5 nitrogen and oxygen atoms in total.